The molecule has 3 aromatic rings. The summed E-state index contributed by atoms with van der Waals surface area (Å²) in [5.74, 6) is 0.237. The Hall–Kier alpha value is -3.64. The van der Waals surface area contributed by atoms with Gasteiger partial charge in [-0.2, -0.15) is 0 Å². The third-order valence-corrected chi connectivity index (χ3v) is 5.61. The molecule has 0 radical (unpaired) electrons. The monoisotopic (exact) mass is 430 g/mol. The largest absolute Gasteiger partial charge is 0.491 e. The first-order valence-corrected chi connectivity index (χ1v) is 10.6. The van der Waals surface area contributed by atoms with Gasteiger partial charge in [-0.3, -0.25) is 9.69 Å². The van der Waals surface area contributed by atoms with Crippen molar-refractivity contribution in [2.45, 2.75) is 25.0 Å². The predicted octanol–water partition coefficient (Wildman–Crippen LogP) is 3.42. The average Bonchev–Trinajstić information content (AvgIpc) is 3.05. The number of β-amino-alcohol motifs (C(OH)–C–C–N with tert-alkyl or cyclic N) is 1. The highest BCUT2D eigenvalue weighted by atomic mass is 16.5. The van der Waals surface area contributed by atoms with Crippen LogP contribution in [0.15, 0.2) is 84.9 Å². The second kappa shape index (κ2) is 9.24. The van der Waals surface area contributed by atoms with Gasteiger partial charge in [0.05, 0.1) is 6.54 Å². The summed E-state index contributed by atoms with van der Waals surface area (Å²) in [4.78, 5) is 27.5. The Labute approximate surface area is 187 Å². The lowest BCUT2D eigenvalue weighted by Gasteiger charge is -2.28. The number of nitrogens with zero attached hydrogens (tertiary/aromatic N) is 1. The highest BCUT2D eigenvalue weighted by Crippen LogP contribution is 2.33. The van der Waals surface area contributed by atoms with Crippen LogP contribution in [0.3, 0.4) is 0 Å². The third kappa shape index (κ3) is 4.50. The summed E-state index contributed by atoms with van der Waals surface area (Å²) in [6.45, 7) is 1.79. The molecule has 2 atom stereocenters. The first-order chi connectivity index (χ1) is 15.5. The van der Waals surface area contributed by atoms with Crippen molar-refractivity contribution in [2.24, 2.45) is 0 Å². The number of carbonyl (C=O) groups excluding carboxylic acids is 2. The van der Waals surface area contributed by atoms with Crippen LogP contribution in [-0.2, 0) is 16.8 Å². The van der Waals surface area contributed by atoms with Crippen molar-refractivity contribution in [3.8, 4) is 5.75 Å². The minimum absolute atomic E-state index is 0.0306. The predicted molar refractivity (Wildman–Crippen MR) is 121 cm³/mol. The van der Waals surface area contributed by atoms with E-state index in [4.69, 9.17) is 4.74 Å². The number of aliphatic hydroxyl groups excluding tert-OH is 1. The van der Waals surface area contributed by atoms with E-state index in [1.807, 2.05) is 91.9 Å². The standard InChI is InChI=1S/C26H26N2O4/c1-19-12-14-23(15-13-19)32-18-22(29)17-28-24(30)26(27-25(28)31,21-10-6-3-7-11-21)16-20-8-4-2-5-9-20/h2-15,22,29H,16-18H2,1H3,(H,27,31). The molecule has 1 aliphatic rings. The molecule has 1 heterocycles. The van der Waals surface area contributed by atoms with Crippen LogP contribution in [0.25, 0.3) is 0 Å². The summed E-state index contributed by atoms with van der Waals surface area (Å²) in [6.07, 6.45) is -0.705. The van der Waals surface area contributed by atoms with Crippen LogP contribution in [0, 0.1) is 6.92 Å². The molecule has 3 amide bonds. The first-order valence-electron chi connectivity index (χ1n) is 10.6. The smallest absolute Gasteiger partial charge is 0.325 e. The lowest BCUT2D eigenvalue weighted by Crippen LogP contribution is -2.46. The number of rotatable bonds is 8. The van der Waals surface area contributed by atoms with Crippen molar-refractivity contribution < 1.29 is 19.4 Å². The van der Waals surface area contributed by atoms with Gasteiger partial charge in [-0.15, -0.1) is 0 Å². The summed E-state index contributed by atoms with van der Waals surface area (Å²) < 4.78 is 5.62. The lowest BCUT2D eigenvalue weighted by atomic mass is 9.83. The quantitative estimate of drug-likeness (QED) is 0.537. The number of benzene rings is 3. The molecule has 0 aliphatic carbocycles. The van der Waals surface area contributed by atoms with Gasteiger partial charge >= 0.3 is 6.03 Å². The molecular weight excluding hydrogens is 404 g/mol. The molecular formula is C26H26N2O4. The fraction of sp³-hybridized carbons (Fsp3) is 0.231. The molecule has 32 heavy (non-hydrogen) atoms. The van der Waals surface area contributed by atoms with Crippen LogP contribution in [0.5, 0.6) is 5.75 Å². The van der Waals surface area contributed by atoms with Gasteiger partial charge < -0.3 is 15.2 Å². The van der Waals surface area contributed by atoms with Crippen molar-refractivity contribution in [3.05, 3.63) is 102 Å². The minimum atomic E-state index is -1.22. The highest BCUT2D eigenvalue weighted by molar-refractivity contribution is 6.07. The number of hydrogen-bond acceptors (Lipinski definition) is 4. The molecule has 1 fully saturated rings. The van der Waals surface area contributed by atoms with Crippen LogP contribution < -0.4 is 10.1 Å². The molecule has 3 aromatic carbocycles. The number of ether oxygens (including phenoxy) is 1. The number of amides is 3. The molecule has 0 spiro atoms. The Balaban J connectivity index is 1.52. The van der Waals surface area contributed by atoms with Gasteiger partial charge in [-0.05, 0) is 30.2 Å². The van der Waals surface area contributed by atoms with E-state index in [1.54, 1.807) is 0 Å². The van der Waals surface area contributed by atoms with Gasteiger partial charge in [0.2, 0.25) is 0 Å². The SMILES string of the molecule is Cc1ccc(OCC(O)CN2C(=O)NC(Cc3ccccc3)(c3ccccc3)C2=O)cc1. The summed E-state index contributed by atoms with van der Waals surface area (Å²) in [5.41, 5.74) is 1.51. The Morgan fingerprint density at radius 3 is 2.22 bits per heavy atom. The van der Waals surface area contributed by atoms with Crippen LogP contribution >= 0.6 is 0 Å². The summed E-state index contributed by atoms with van der Waals surface area (Å²) >= 11 is 0. The molecule has 164 valence electrons. The van der Waals surface area contributed by atoms with Crippen LogP contribution in [0.4, 0.5) is 4.79 Å². The number of nitrogens with one attached hydrogen (secondary N) is 1. The molecule has 1 saturated heterocycles. The number of urea groups is 1. The van der Waals surface area contributed by atoms with Gasteiger partial charge in [-0.1, -0.05) is 78.4 Å². The van der Waals surface area contributed by atoms with E-state index >= 15 is 0 Å². The lowest BCUT2D eigenvalue weighted by molar-refractivity contribution is -0.132. The van der Waals surface area contributed by atoms with Gasteiger partial charge in [0, 0.05) is 6.42 Å². The fourth-order valence-electron chi connectivity index (χ4n) is 3.92. The van der Waals surface area contributed by atoms with Gasteiger partial charge in [-0.25, -0.2) is 4.79 Å². The van der Waals surface area contributed by atoms with E-state index in [9.17, 15) is 14.7 Å². The Morgan fingerprint density at radius 2 is 1.56 bits per heavy atom. The van der Waals surface area contributed by atoms with Crippen LogP contribution in [0.2, 0.25) is 0 Å². The molecule has 1 aliphatic heterocycles. The van der Waals surface area contributed by atoms with E-state index in [0.717, 1.165) is 16.0 Å². The van der Waals surface area contributed by atoms with Crippen molar-refractivity contribution >= 4 is 11.9 Å². The summed E-state index contributed by atoms with van der Waals surface area (Å²) in [5, 5.41) is 13.4. The molecule has 0 bridgehead atoms. The van der Waals surface area contributed by atoms with E-state index < -0.39 is 17.7 Å². The maximum absolute atomic E-state index is 13.6. The van der Waals surface area contributed by atoms with E-state index in [0.29, 0.717) is 17.7 Å². The zero-order chi connectivity index (χ0) is 22.6. The third-order valence-electron chi connectivity index (χ3n) is 5.61. The Kier molecular flexibility index (Phi) is 6.23. The number of hydrogen-bond donors (Lipinski definition) is 2. The van der Waals surface area contributed by atoms with E-state index in [2.05, 4.69) is 5.32 Å². The Bertz CT molecular complexity index is 1070. The van der Waals surface area contributed by atoms with E-state index in [1.165, 1.54) is 0 Å². The highest BCUT2D eigenvalue weighted by Gasteiger charge is 2.52. The molecule has 6 nitrogen and oxygen atoms in total. The number of aryl methyl sites for hydroxylation is 1. The zero-order valence-electron chi connectivity index (χ0n) is 17.9. The van der Waals surface area contributed by atoms with Crippen molar-refractivity contribution in [2.75, 3.05) is 13.2 Å². The normalized spacial score (nSPS) is 19.0. The van der Waals surface area contributed by atoms with Gasteiger partial charge in [0.1, 0.15) is 18.5 Å². The molecule has 0 aromatic heterocycles. The molecule has 4 rings (SSSR count). The fourth-order valence-corrected chi connectivity index (χ4v) is 3.92. The van der Waals surface area contributed by atoms with Crippen LogP contribution in [-0.4, -0.2) is 41.2 Å². The molecule has 2 unspecified atom stereocenters. The summed E-state index contributed by atoms with van der Waals surface area (Å²) in [6, 6.07) is 25.7. The van der Waals surface area contributed by atoms with E-state index in [-0.39, 0.29) is 19.1 Å². The van der Waals surface area contributed by atoms with Gasteiger partial charge in [0.15, 0.2) is 5.54 Å². The Morgan fingerprint density at radius 1 is 0.938 bits per heavy atom. The number of aliphatic hydroxyl groups is 1. The zero-order valence-corrected chi connectivity index (χ0v) is 17.9. The minimum Gasteiger partial charge on any atom is -0.491 e. The topological polar surface area (TPSA) is 78.9 Å². The molecule has 6 heteroatoms. The maximum Gasteiger partial charge on any atom is 0.325 e. The number of carbonyl (C=O) groups is 2. The van der Waals surface area contributed by atoms with Gasteiger partial charge in [0.25, 0.3) is 5.91 Å². The van der Waals surface area contributed by atoms with Crippen molar-refractivity contribution in [1.29, 1.82) is 0 Å². The molecule has 2 N–H and O–H groups in total. The first kappa shape index (κ1) is 21.6. The maximum atomic E-state index is 13.6. The second-order valence-corrected chi connectivity index (χ2v) is 8.06. The number of imide groups is 1. The van der Waals surface area contributed by atoms with Crippen molar-refractivity contribution in [1.82, 2.24) is 10.2 Å². The van der Waals surface area contributed by atoms with Crippen LogP contribution in [0.1, 0.15) is 16.7 Å². The average molecular weight is 431 g/mol. The second-order valence-electron chi connectivity index (χ2n) is 8.06. The molecule has 0 saturated carbocycles. The van der Waals surface area contributed by atoms with Crippen molar-refractivity contribution in [3.63, 3.8) is 0 Å². The summed E-state index contributed by atoms with van der Waals surface area (Å²) in [7, 11) is 0.